The predicted molar refractivity (Wildman–Crippen MR) is 89.5 cm³/mol. The molecule has 2 aliphatic carbocycles. The van der Waals surface area contributed by atoms with E-state index in [-0.39, 0.29) is 5.41 Å². The lowest BCUT2D eigenvalue weighted by Crippen LogP contribution is -2.24. The van der Waals surface area contributed by atoms with Crippen molar-refractivity contribution in [1.29, 1.82) is 10.5 Å². The summed E-state index contributed by atoms with van der Waals surface area (Å²) in [5.74, 6) is 0.782. The fraction of sp³-hybridized carbons (Fsp3) is 0.238. The Morgan fingerprint density at radius 2 is 1.70 bits per heavy atom. The summed E-state index contributed by atoms with van der Waals surface area (Å²) in [6.07, 6.45) is 5.28. The summed E-state index contributed by atoms with van der Waals surface area (Å²) < 4.78 is 0. The highest BCUT2D eigenvalue weighted by Crippen LogP contribution is 2.67. The van der Waals surface area contributed by atoms with Crippen molar-refractivity contribution in [1.82, 2.24) is 0 Å². The zero-order valence-corrected chi connectivity index (χ0v) is 13.0. The van der Waals surface area contributed by atoms with Gasteiger partial charge in [0.15, 0.2) is 0 Å². The molecule has 0 saturated heterocycles. The van der Waals surface area contributed by atoms with E-state index in [0.717, 1.165) is 17.5 Å². The molecule has 2 aromatic carbocycles. The summed E-state index contributed by atoms with van der Waals surface area (Å²) in [5, 5.41) is 19.0. The van der Waals surface area contributed by atoms with Gasteiger partial charge in [-0.1, -0.05) is 49.4 Å². The molecule has 1 spiro atoms. The quantitative estimate of drug-likeness (QED) is 0.777. The Hall–Kier alpha value is -2.84. The third-order valence-corrected chi connectivity index (χ3v) is 5.52. The van der Waals surface area contributed by atoms with Gasteiger partial charge in [0.05, 0.1) is 23.3 Å². The molecular weight excluding hydrogens is 280 g/mol. The molecule has 110 valence electrons. The van der Waals surface area contributed by atoms with E-state index in [9.17, 15) is 10.5 Å². The summed E-state index contributed by atoms with van der Waals surface area (Å²) in [7, 11) is 0. The summed E-state index contributed by atoms with van der Waals surface area (Å²) in [6, 6.07) is 18.7. The zero-order valence-electron chi connectivity index (χ0n) is 13.0. The molecule has 0 N–H and O–H groups in total. The largest absolute Gasteiger partial charge is 0.192 e. The Bertz CT molecular complexity index is 896. The molecule has 2 nitrogen and oxygen atoms in total. The number of hydrogen-bond donors (Lipinski definition) is 0. The second-order valence-electron chi connectivity index (χ2n) is 6.53. The van der Waals surface area contributed by atoms with E-state index in [1.54, 1.807) is 6.07 Å². The molecule has 0 radical (unpaired) electrons. The van der Waals surface area contributed by atoms with E-state index in [1.807, 2.05) is 18.2 Å². The van der Waals surface area contributed by atoms with Crippen LogP contribution in [0.5, 0.6) is 0 Å². The Balaban J connectivity index is 1.94. The first-order valence-corrected chi connectivity index (χ1v) is 7.93. The van der Waals surface area contributed by atoms with E-state index >= 15 is 0 Å². The van der Waals surface area contributed by atoms with Crippen LogP contribution < -0.4 is 0 Å². The Morgan fingerprint density at radius 1 is 1.00 bits per heavy atom. The maximum Gasteiger partial charge on any atom is 0.0998 e. The van der Waals surface area contributed by atoms with Gasteiger partial charge in [0.1, 0.15) is 0 Å². The highest BCUT2D eigenvalue weighted by molar-refractivity contribution is 5.72. The number of fused-ring (bicyclic) bond motifs is 2. The lowest BCUT2D eigenvalue weighted by molar-refractivity contribution is 0.508. The van der Waals surface area contributed by atoms with Gasteiger partial charge in [-0.25, -0.2) is 0 Å². The topological polar surface area (TPSA) is 47.6 Å². The van der Waals surface area contributed by atoms with Gasteiger partial charge in [-0.2, -0.15) is 10.5 Å². The molecule has 2 aromatic rings. The number of allylic oxidation sites excluding steroid dienone is 1. The number of nitriles is 2. The minimum absolute atomic E-state index is 0.0383. The summed E-state index contributed by atoms with van der Waals surface area (Å²) in [6.45, 7) is 2.22. The van der Waals surface area contributed by atoms with Crippen molar-refractivity contribution in [3.05, 3.63) is 76.4 Å². The fourth-order valence-electron chi connectivity index (χ4n) is 4.28. The lowest BCUT2D eigenvalue weighted by Gasteiger charge is -2.30. The van der Waals surface area contributed by atoms with Gasteiger partial charge in [-0.3, -0.25) is 0 Å². The standard InChI is InChI=1S/C21H16N2/c1-14-7-10-18-16(12-22)8-9-17(13-23)20(18)21(14)11-19(21)15-5-3-2-4-6-15/h2-10,14,19H,11H2,1H3/t14-,19?,21?/m1/s1. The first-order valence-electron chi connectivity index (χ1n) is 7.93. The first-order chi connectivity index (χ1) is 11.2. The van der Waals surface area contributed by atoms with Crippen molar-refractivity contribution in [2.75, 3.05) is 0 Å². The number of nitrogens with zero attached hydrogens (tertiary/aromatic N) is 2. The van der Waals surface area contributed by atoms with Gasteiger partial charge in [0, 0.05) is 5.41 Å². The van der Waals surface area contributed by atoms with Crippen molar-refractivity contribution >= 4 is 6.08 Å². The molecule has 4 rings (SSSR count). The molecule has 0 bridgehead atoms. The van der Waals surface area contributed by atoms with Crippen LogP contribution in [0.25, 0.3) is 6.08 Å². The van der Waals surface area contributed by atoms with Crippen LogP contribution in [0.4, 0.5) is 0 Å². The molecule has 1 saturated carbocycles. The van der Waals surface area contributed by atoms with Gasteiger partial charge in [0.2, 0.25) is 0 Å². The van der Waals surface area contributed by atoms with Crippen molar-refractivity contribution in [3.63, 3.8) is 0 Å². The first kappa shape index (κ1) is 13.8. The van der Waals surface area contributed by atoms with E-state index < -0.39 is 0 Å². The number of rotatable bonds is 1. The van der Waals surface area contributed by atoms with Crippen molar-refractivity contribution in [2.45, 2.75) is 24.7 Å². The summed E-state index contributed by atoms with van der Waals surface area (Å²) in [5.41, 5.74) is 4.70. The van der Waals surface area contributed by atoms with Gasteiger partial charge in [0.25, 0.3) is 0 Å². The van der Waals surface area contributed by atoms with Crippen LogP contribution in [0.15, 0.2) is 48.5 Å². The Kier molecular flexibility index (Phi) is 2.90. The monoisotopic (exact) mass is 296 g/mol. The van der Waals surface area contributed by atoms with Crippen LogP contribution in [-0.4, -0.2) is 0 Å². The average molecular weight is 296 g/mol. The van der Waals surface area contributed by atoms with E-state index in [1.165, 1.54) is 5.56 Å². The summed E-state index contributed by atoms with van der Waals surface area (Å²) in [4.78, 5) is 0. The van der Waals surface area contributed by atoms with Crippen LogP contribution in [0.3, 0.4) is 0 Å². The van der Waals surface area contributed by atoms with E-state index in [2.05, 4.69) is 49.4 Å². The van der Waals surface area contributed by atoms with Crippen LogP contribution >= 0.6 is 0 Å². The molecule has 2 aliphatic rings. The lowest BCUT2D eigenvalue weighted by atomic mass is 9.72. The Morgan fingerprint density at radius 3 is 2.39 bits per heavy atom. The minimum atomic E-state index is -0.0383. The van der Waals surface area contributed by atoms with E-state index in [4.69, 9.17) is 0 Å². The van der Waals surface area contributed by atoms with Crippen molar-refractivity contribution in [3.8, 4) is 12.1 Å². The third-order valence-electron chi connectivity index (χ3n) is 5.52. The predicted octanol–water partition coefficient (Wildman–Crippen LogP) is 4.52. The third kappa shape index (κ3) is 1.79. The second kappa shape index (κ2) is 4.83. The molecular formula is C21H16N2. The molecule has 23 heavy (non-hydrogen) atoms. The fourth-order valence-corrected chi connectivity index (χ4v) is 4.28. The smallest absolute Gasteiger partial charge is 0.0998 e. The SMILES string of the molecule is C[C@@H]1C=Cc2c(C#N)ccc(C#N)c2C12CC2c1ccccc1. The van der Waals surface area contributed by atoms with Crippen LogP contribution in [-0.2, 0) is 5.41 Å². The molecule has 0 heterocycles. The van der Waals surface area contributed by atoms with Gasteiger partial charge < -0.3 is 0 Å². The van der Waals surface area contributed by atoms with E-state index in [0.29, 0.717) is 23.0 Å². The molecule has 2 unspecified atom stereocenters. The molecule has 0 amide bonds. The zero-order chi connectivity index (χ0) is 16.0. The average Bonchev–Trinajstić information content (AvgIpc) is 3.34. The van der Waals surface area contributed by atoms with Gasteiger partial charge in [-0.05, 0) is 47.1 Å². The van der Waals surface area contributed by atoms with Crippen LogP contribution in [0.1, 0.15) is 47.1 Å². The maximum atomic E-state index is 9.60. The molecule has 0 aromatic heterocycles. The second-order valence-corrected chi connectivity index (χ2v) is 6.53. The van der Waals surface area contributed by atoms with Crippen LogP contribution in [0.2, 0.25) is 0 Å². The Labute approximate surface area is 136 Å². The van der Waals surface area contributed by atoms with Crippen molar-refractivity contribution < 1.29 is 0 Å². The van der Waals surface area contributed by atoms with Gasteiger partial charge in [-0.15, -0.1) is 0 Å². The molecule has 3 atom stereocenters. The van der Waals surface area contributed by atoms with Gasteiger partial charge >= 0.3 is 0 Å². The van der Waals surface area contributed by atoms with Crippen molar-refractivity contribution in [2.24, 2.45) is 5.92 Å². The number of hydrogen-bond acceptors (Lipinski definition) is 2. The summed E-state index contributed by atoms with van der Waals surface area (Å²) >= 11 is 0. The minimum Gasteiger partial charge on any atom is -0.192 e. The normalized spacial score (nSPS) is 27.1. The molecule has 2 heteroatoms. The molecule has 1 fully saturated rings. The van der Waals surface area contributed by atoms with Crippen LogP contribution in [0, 0.1) is 28.6 Å². The number of benzene rings is 2. The highest BCUT2D eigenvalue weighted by Gasteiger charge is 2.60. The maximum absolute atomic E-state index is 9.60. The molecule has 0 aliphatic heterocycles. The highest BCUT2D eigenvalue weighted by atomic mass is 14.6.